The Hall–Kier alpha value is -0.900. The summed E-state index contributed by atoms with van der Waals surface area (Å²) in [6.45, 7) is 7.03. The van der Waals surface area contributed by atoms with Gasteiger partial charge in [-0.15, -0.1) is 0 Å². The molecule has 4 heteroatoms. The molecule has 8 atom stereocenters. The molecule has 2 heterocycles. The van der Waals surface area contributed by atoms with Crippen LogP contribution in [0.1, 0.15) is 91.4 Å². The average Bonchev–Trinajstić information content (AvgIpc) is 3.02. The predicted molar refractivity (Wildman–Crippen MR) is 112 cm³/mol. The van der Waals surface area contributed by atoms with Gasteiger partial charge in [0.1, 0.15) is 5.60 Å². The Morgan fingerprint density at radius 3 is 2.72 bits per heavy atom. The Morgan fingerprint density at radius 1 is 1.21 bits per heavy atom. The van der Waals surface area contributed by atoms with Gasteiger partial charge >= 0.3 is 5.97 Å². The van der Waals surface area contributed by atoms with Gasteiger partial charge in [0.25, 0.3) is 0 Å². The summed E-state index contributed by atoms with van der Waals surface area (Å²) in [5, 5.41) is 0. The molecule has 0 unspecified atom stereocenters. The lowest BCUT2D eigenvalue weighted by Gasteiger charge is -2.57. The van der Waals surface area contributed by atoms with Crippen molar-refractivity contribution < 1.29 is 19.1 Å². The summed E-state index contributed by atoms with van der Waals surface area (Å²) in [5.74, 6) is 2.89. The first-order valence-electron chi connectivity index (χ1n) is 12.1. The Kier molecular flexibility index (Phi) is 5.87. The largest absolute Gasteiger partial charge is 0.469 e. The summed E-state index contributed by atoms with van der Waals surface area (Å²) >= 11 is 0. The zero-order valence-electron chi connectivity index (χ0n) is 18.9. The van der Waals surface area contributed by atoms with E-state index in [2.05, 4.69) is 20.8 Å². The molecule has 0 aromatic heterocycles. The topological polar surface area (TPSA) is 52.6 Å². The van der Waals surface area contributed by atoms with Crippen molar-refractivity contribution in [3.63, 3.8) is 0 Å². The summed E-state index contributed by atoms with van der Waals surface area (Å²) in [6, 6.07) is 0. The van der Waals surface area contributed by atoms with Crippen LogP contribution in [-0.2, 0) is 19.1 Å². The lowest BCUT2D eigenvalue weighted by atomic mass is 9.52. The quantitative estimate of drug-likeness (QED) is 0.595. The number of methoxy groups -OCH3 is 1. The molecule has 0 radical (unpaired) electrons. The van der Waals surface area contributed by atoms with Crippen LogP contribution in [0.3, 0.4) is 0 Å². The van der Waals surface area contributed by atoms with E-state index in [1.54, 1.807) is 0 Å². The molecule has 29 heavy (non-hydrogen) atoms. The fraction of sp³-hybridized carbons (Fsp3) is 0.920. The standard InChI is InChI=1S/C25H40O4/c1-16-7-9-21-20-11-10-19(17(2)8-12-23(27)28-4)24(20,3)15-22(26)25(21)13-5-6-18(14-16)29-25/h16-21H,5-15H2,1-4H3/t16-,17+,18+,19-,20+,21-,24-,25-/m0/s1. The van der Waals surface area contributed by atoms with E-state index in [0.717, 1.165) is 38.5 Å². The zero-order chi connectivity index (χ0) is 20.8. The number of carbonyl (C=O) groups excluding carboxylic acids is 2. The first-order chi connectivity index (χ1) is 13.8. The number of esters is 1. The summed E-state index contributed by atoms with van der Waals surface area (Å²) in [4.78, 5) is 25.4. The molecule has 0 N–H and O–H groups in total. The second kappa shape index (κ2) is 7.98. The molecule has 0 aromatic rings. The fourth-order valence-electron chi connectivity index (χ4n) is 7.94. The molecule has 4 nitrogen and oxygen atoms in total. The first-order valence-corrected chi connectivity index (χ1v) is 12.1. The highest BCUT2D eigenvalue weighted by Crippen LogP contribution is 2.64. The number of hydrogen-bond donors (Lipinski definition) is 0. The van der Waals surface area contributed by atoms with Gasteiger partial charge in [-0.05, 0) is 86.4 Å². The van der Waals surface area contributed by atoms with E-state index < -0.39 is 5.60 Å². The number of carbonyl (C=O) groups is 2. The van der Waals surface area contributed by atoms with E-state index in [9.17, 15) is 9.59 Å². The van der Waals surface area contributed by atoms with Gasteiger partial charge in [-0.25, -0.2) is 0 Å². The number of ketones is 1. The maximum Gasteiger partial charge on any atom is 0.305 e. The summed E-state index contributed by atoms with van der Waals surface area (Å²) in [6.07, 6.45) is 11.4. The second-order valence-corrected chi connectivity index (χ2v) is 11.0. The van der Waals surface area contributed by atoms with Crippen LogP contribution in [0, 0.1) is 35.0 Å². The number of Topliss-reactive ketones (excluding diaryl/α,β-unsaturated/α-hetero) is 1. The van der Waals surface area contributed by atoms with Crippen LogP contribution in [0.5, 0.6) is 0 Å². The SMILES string of the molecule is COC(=O)CC[C@@H](C)[C@@H]1CC[C@@H]2[C@@H]3CC[C@H](C)C[C@H]4CCC[C@@]3(O4)C(=O)C[C@]21C. The van der Waals surface area contributed by atoms with E-state index in [4.69, 9.17) is 9.47 Å². The van der Waals surface area contributed by atoms with Gasteiger partial charge in [0, 0.05) is 12.8 Å². The van der Waals surface area contributed by atoms with Crippen molar-refractivity contribution in [2.24, 2.45) is 35.0 Å². The van der Waals surface area contributed by atoms with Crippen molar-refractivity contribution in [2.75, 3.05) is 7.11 Å². The highest BCUT2D eigenvalue weighted by molar-refractivity contribution is 5.89. The number of rotatable bonds is 4. The maximum absolute atomic E-state index is 13.7. The Bertz CT molecular complexity index is 645. The molecule has 1 spiro atoms. The lowest BCUT2D eigenvalue weighted by molar-refractivity contribution is -0.213. The minimum absolute atomic E-state index is 0.0568. The minimum atomic E-state index is -0.489. The van der Waals surface area contributed by atoms with Crippen molar-refractivity contribution in [2.45, 2.75) is 103 Å². The van der Waals surface area contributed by atoms with E-state index in [1.165, 1.54) is 26.4 Å². The highest BCUT2D eigenvalue weighted by atomic mass is 16.5. The fourth-order valence-corrected chi connectivity index (χ4v) is 7.94. The molecular weight excluding hydrogens is 364 g/mol. The van der Waals surface area contributed by atoms with Crippen molar-refractivity contribution in [1.29, 1.82) is 0 Å². The van der Waals surface area contributed by atoms with Gasteiger partial charge in [-0.2, -0.15) is 0 Å². The summed E-state index contributed by atoms with van der Waals surface area (Å²) < 4.78 is 11.6. The molecule has 2 saturated heterocycles. The lowest BCUT2D eigenvalue weighted by Crippen LogP contribution is -2.62. The van der Waals surface area contributed by atoms with Crippen molar-refractivity contribution in [3.8, 4) is 0 Å². The van der Waals surface area contributed by atoms with Crippen molar-refractivity contribution >= 4 is 11.8 Å². The molecule has 0 amide bonds. The third kappa shape index (κ3) is 3.58. The van der Waals surface area contributed by atoms with E-state index >= 15 is 0 Å². The van der Waals surface area contributed by atoms with Gasteiger partial charge in [0.2, 0.25) is 0 Å². The highest BCUT2D eigenvalue weighted by Gasteiger charge is 2.64. The zero-order valence-corrected chi connectivity index (χ0v) is 18.9. The van der Waals surface area contributed by atoms with Gasteiger partial charge < -0.3 is 9.47 Å². The van der Waals surface area contributed by atoms with Crippen molar-refractivity contribution in [3.05, 3.63) is 0 Å². The number of ether oxygens (including phenoxy) is 2. The molecule has 2 aliphatic carbocycles. The number of fused-ring (bicyclic) bond motifs is 3. The predicted octanol–water partition coefficient (Wildman–Crippen LogP) is 5.33. The van der Waals surface area contributed by atoms with Crippen molar-refractivity contribution in [1.82, 2.24) is 0 Å². The third-order valence-electron chi connectivity index (χ3n) is 9.39. The normalized spacial score (nSPS) is 45.5. The van der Waals surface area contributed by atoms with Crippen LogP contribution in [0.15, 0.2) is 0 Å². The van der Waals surface area contributed by atoms with E-state index in [1.807, 2.05) is 0 Å². The van der Waals surface area contributed by atoms with Gasteiger partial charge in [0.15, 0.2) is 5.78 Å². The Balaban J connectivity index is 1.59. The number of hydrogen-bond acceptors (Lipinski definition) is 4. The van der Waals surface area contributed by atoms with Gasteiger partial charge in [-0.3, -0.25) is 9.59 Å². The van der Waals surface area contributed by atoms with E-state index in [0.29, 0.717) is 48.2 Å². The molecule has 4 fully saturated rings. The second-order valence-electron chi connectivity index (χ2n) is 11.0. The van der Waals surface area contributed by atoms with Crippen LogP contribution >= 0.6 is 0 Å². The minimum Gasteiger partial charge on any atom is -0.469 e. The Labute approximate surface area is 176 Å². The monoisotopic (exact) mass is 404 g/mol. The van der Waals surface area contributed by atoms with Crippen LogP contribution < -0.4 is 0 Å². The molecule has 0 aromatic carbocycles. The molecule has 2 bridgehead atoms. The van der Waals surface area contributed by atoms with Gasteiger partial charge in [0.05, 0.1) is 13.2 Å². The molecule has 4 aliphatic rings. The average molecular weight is 405 g/mol. The molecule has 4 rings (SSSR count). The summed E-state index contributed by atoms with van der Waals surface area (Å²) in [7, 11) is 1.46. The Morgan fingerprint density at radius 2 is 1.97 bits per heavy atom. The van der Waals surface area contributed by atoms with E-state index in [-0.39, 0.29) is 17.5 Å². The van der Waals surface area contributed by atoms with Gasteiger partial charge in [-0.1, -0.05) is 27.2 Å². The smallest absolute Gasteiger partial charge is 0.305 e. The third-order valence-corrected chi connectivity index (χ3v) is 9.39. The molecule has 164 valence electrons. The van der Waals surface area contributed by atoms with Crippen LogP contribution in [0.2, 0.25) is 0 Å². The van der Waals surface area contributed by atoms with Crippen LogP contribution in [0.25, 0.3) is 0 Å². The molecule has 2 saturated carbocycles. The summed E-state index contributed by atoms with van der Waals surface area (Å²) in [5.41, 5.74) is -0.432. The van der Waals surface area contributed by atoms with Crippen LogP contribution in [-0.4, -0.2) is 30.6 Å². The molecular formula is C25H40O4. The maximum atomic E-state index is 13.7. The molecule has 2 aliphatic heterocycles. The van der Waals surface area contributed by atoms with Crippen LogP contribution in [0.4, 0.5) is 0 Å². The first kappa shape index (κ1) is 21.3.